The smallest absolute Gasteiger partial charge is 0.225 e. The minimum absolute atomic E-state index is 0.646. The Labute approximate surface area is 87.9 Å². The highest BCUT2D eigenvalue weighted by Crippen LogP contribution is 2.53. The molecule has 1 N–H and O–H groups in total. The van der Waals surface area contributed by atoms with Crippen LogP contribution in [0.1, 0.15) is 19.3 Å². The number of hydrogen-bond donors (Lipinski definition) is 1. The van der Waals surface area contributed by atoms with Crippen LogP contribution in [0.2, 0.25) is 0 Å². The van der Waals surface area contributed by atoms with Gasteiger partial charge < -0.3 is 4.90 Å². The van der Waals surface area contributed by atoms with Gasteiger partial charge in [0.1, 0.15) is 0 Å². The molecule has 2 heterocycles. The lowest BCUT2D eigenvalue weighted by molar-refractivity contribution is 0.579. The van der Waals surface area contributed by atoms with Crippen molar-refractivity contribution in [3.8, 4) is 0 Å². The Bertz CT molecular complexity index is 415. The highest BCUT2D eigenvalue weighted by molar-refractivity contribution is 7.71. The summed E-state index contributed by atoms with van der Waals surface area (Å²) in [5, 5.41) is 7.10. The summed E-state index contributed by atoms with van der Waals surface area (Å²) in [5.41, 5.74) is 0.646. The molecule has 1 aromatic heterocycles. The fourth-order valence-corrected chi connectivity index (χ4v) is 2.44. The SMILES string of the molecule is Cn1c(N2CCC3(CC3)C2)n[nH]c1=S. The maximum atomic E-state index is 5.10. The molecule has 1 aliphatic carbocycles. The molecule has 1 saturated carbocycles. The molecule has 76 valence electrons. The van der Waals surface area contributed by atoms with Crippen LogP contribution in [0.5, 0.6) is 0 Å². The van der Waals surface area contributed by atoms with E-state index in [1.54, 1.807) is 0 Å². The van der Waals surface area contributed by atoms with Gasteiger partial charge >= 0.3 is 0 Å². The lowest BCUT2D eigenvalue weighted by Gasteiger charge is -2.16. The second kappa shape index (κ2) is 2.59. The average molecular weight is 210 g/mol. The number of nitrogens with zero attached hydrogens (tertiary/aromatic N) is 3. The molecule has 3 rings (SSSR count). The molecule has 5 heteroatoms. The highest BCUT2D eigenvalue weighted by atomic mass is 32.1. The zero-order valence-electron chi connectivity index (χ0n) is 8.29. The minimum Gasteiger partial charge on any atom is -0.340 e. The molecule has 0 atom stereocenters. The first kappa shape index (κ1) is 8.47. The topological polar surface area (TPSA) is 36.9 Å². The highest BCUT2D eigenvalue weighted by Gasteiger charge is 2.48. The van der Waals surface area contributed by atoms with Gasteiger partial charge in [-0.25, -0.2) is 5.10 Å². The van der Waals surface area contributed by atoms with Gasteiger partial charge in [-0.3, -0.25) is 4.57 Å². The first-order valence-electron chi connectivity index (χ1n) is 5.07. The Morgan fingerprint density at radius 3 is 2.71 bits per heavy atom. The van der Waals surface area contributed by atoms with E-state index in [1.807, 2.05) is 11.6 Å². The number of rotatable bonds is 1. The summed E-state index contributed by atoms with van der Waals surface area (Å²) in [7, 11) is 1.97. The molecule has 0 aromatic carbocycles. The van der Waals surface area contributed by atoms with Crippen LogP contribution in [0.3, 0.4) is 0 Å². The van der Waals surface area contributed by atoms with Crippen molar-refractivity contribution in [3.63, 3.8) is 0 Å². The predicted molar refractivity (Wildman–Crippen MR) is 56.9 cm³/mol. The second-order valence-electron chi connectivity index (χ2n) is 4.56. The standard InChI is InChI=1S/C9H14N4S/c1-12-7(10-11-8(12)14)13-5-4-9(6-13)2-3-9/h2-6H2,1H3,(H,11,14). The maximum Gasteiger partial charge on any atom is 0.225 e. The number of nitrogens with one attached hydrogen (secondary N) is 1. The van der Waals surface area contributed by atoms with E-state index in [9.17, 15) is 0 Å². The molecular weight excluding hydrogens is 196 g/mol. The number of aromatic amines is 1. The molecular formula is C9H14N4S. The molecule has 0 radical (unpaired) electrons. The van der Waals surface area contributed by atoms with E-state index in [0.717, 1.165) is 12.5 Å². The van der Waals surface area contributed by atoms with Crippen LogP contribution in [0.25, 0.3) is 0 Å². The third-order valence-corrected chi connectivity index (χ3v) is 3.90. The van der Waals surface area contributed by atoms with E-state index in [-0.39, 0.29) is 0 Å². The van der Waals surface area contributed by atoms with Gasteiger partial charge in [-0.05, 0) is 36.9 Å². The number of H-pyrrole nitrogens is 1. The maximum absolute atomic E-state index is 5.10. The summed E-state index contributed by atoms with van der Waals surface area (Å²) < 4.78 is 2.66. The van der Waals surface area contributed by atoms with Gasteiger partial charge in [-0.15, -0.1) is 5.10 Å². The summed E-state index contributed by atoms with van der Waals surface area (Å²) in [5.74, 6) is 0.999. The normalized spacial score (nSPS) is 23.4. The zero-order chi connectivity index (χ0) is 9.76. The van der Waals surface area contributed by atoms with Gasteiger partial charge in [0.2, 0.25) is 5.95 Å². The first-order valence-corrected chi connectivity index (χ1v) is 5.47. The second-order valence-corrected chi connectivity index (χ2v) is 4.95. The van der Waals surface area contributed by atoms with E-state index < -0.39 is 0 Å². The molecule has 1 saturated heterocycles. The van der Waals surface area contributed by atoms with Crippen LogP contribution >= 0.6 is 12.2 Å². The van der Waals surface area contributed by atoms with E-state index in [0.29, 0.717) is 10.2 Å². The molecule has 2 aliphatic rings. The lowest BCUT2D eigenvalue weighted by atomic mass is 10.1. The fraction of sp³-hybridized carbons (Fsp3) is 0.778. The Hall–Kier alpha value is -0.840. The number of aromatic nitrogens is 3. The fourth-order valence-electron chi connectivity index (χ4n) is 2.31. The molecule has 0 bridgehead atoms. The summed E-state index contributed by atoms with van der Waals surface area (Å²) >= 11 is 5.10. The quantitative estimate of drug-likeness (QED) is 0.713. The van der Waals surface area contributed by atoms with Crippen LogP contribution < -0.4 is 4.90 Å². The largest absolute Gasteiger partial charge is 0.340 e. The van der Waals surface area contributed by atoms with E-state index in [2.05, 4.69) is 15.1 Å². The average Bonchev–Trinajstić information content (AvgIpc) is 2.66. The van der Waals surface area contributed by atoms with Crippen LogP contribution in [0.15, 0.2) is 0 Å². The van der Waals surface area contributed by atoms with Crippen LogP contribution in [0.4, 0.5) is 5.95 Å². The summed E-state index contributed by atoms with van der Waals surface area (Å²) in [6.07, 6.45) is 4.13. The van der Waals surface area contributed by atoms with Crippen molar-refractivity contribution in [2.24, 2.45) is 12.5 Å². The van der Waals surface area contributed by atoms with Crippen molar-refractivity contribution < 1.29 is 0 Å². The van der Waals surface area contributed by atoms with Crippen LogP contribution in [-0.2, 0) is 7.05 Å². The number of anilines is 1. The van der Waals surface area contributed by atoms with Crippen molar-refractivity contribution in [2.75, 3.05) is 18.0 Å². The van der Waals surface area contributed by atoms with Crippen molar-refractivity contribution in [1.29, 1.82) is 0 Å². The minimum atomic E-state index is 0.646. The molecule has 4 nitrogen and oxygen atoms in total. The van der Waals surface area contributed by atoms with Crippen molar-refractivity contribution in [1.82, 2.24) is 14.8 Å². The molecule has 1 spiro atoms. The first-order chi connectivity index (χ1) is 6.70. The van der Waals surface area contributed by atoms with Gasteiger partial charge in [0, 0.05) is 20.1 Å². The molecule has 0 amide bonds. The van der Waals surface area contributed by atoms with Gasteiger partial charge in [0.15, 0.2) is 4.77 Å². The van der Waals surface area contributed by atoms with Crippen molar-refractivity contribution >= 4 is 18.2 Å². The Morgan fingerprint density at radius 2 is 2.21 bits per heavy atom. The summed E-state index contributed by atoms with van der Waals surface area (Å²) in [6, 6.07) is 0. The Balaban J connectivity index is 1.89. The van der Waals surface area contributed by atoms with Crippen LogP contribution in [0, 0.1) is 10.2 Å². The zero-order valence-corrected chi connectivity index (χ0v) is 9.10. The Kier molecular flexibility index (Phi) is 1.57. The van der Waals surface area contributed by atoms with E-state index in [4.69, 9.17) is 12.2 Å². The van der Waals surface area contributed by atoms with Gasteiger partial charge in [0.25, 0.3) is 0 Å². The van der Waals surface area contributed by atoms with Crippen molar-refractivity contribution in [3.05, 3.63) is 4.77 Å². The van der Waals surface area contributed by atoms with E-state index in [1.165, 1.54) is 25.8 Å². The third kappa shape index (κ3) is 1.11. The number of hydrogen-bond acceptors (Lipinski definition) is 3. The van der Waals surface area contributed by atoms with Gasteiger partial charge in [-0.1, -0.05) is 0 Å². The molecule has 2 fully saturated rings. The van der Waals surface area contributed by atoms with Crippen molar-refractivity contribution in [2.45, 2.75) is 19.3 Å². The van der Waals surface area contributed by atoms with Crippen LogP contribution in [-0.4, -0.2) is 27.9 Å². The molecule has 0 unspecified atom stereocenters. The molecule has 14 heavy (non-hydrogen) atoms. The van der Waals surface area contributed by atoms with Gasteiger partial charge in [-0.2, -0.15) is 0 Å². The van der Waals surface area contributed by atoms with E-state index >= 15 is 0 Å². The molecule has 1 aliphatic heterocycles. The Morgan fingerprint density at radius 1 is 1.43 bits per heavy atom. The monoisotopic (exact) mass is 210 g/mol. The predicted octanol–water partition coefficient (Wildman–Crippen LogP) is 1.47. The third-order valence-electron chi connectivity index (χ3n) is 3.53. The molecule has 1 aromatic rings. The van der Waals surface area contributed by atoms with Gasteiger partial charge in [0.05, 0.1) is 0 Å². The summed E-state index contributed by atoms with van der Waals surface area (Å²) in [4.78, 5) is 2.35. The summed E-state index contributed by atoms with van der Waals surface area (Å²) in [6.45, 7) is 2.30. The lowest BCUT2D eigenvalue weighted by Crippen LogP contribution is -2.23.